The van der Waals surface area contributed by atoms with Crippen LogP contribution in [0.2, 0.25) is 0 Å². The summed E-state index contributed by atoms with van der Waals surface area (Å²) < 4.78 is 11.9. The Labute approximate surface area is 134 Å². The van der Waals surface area contributed by atoms with Crippen LogP contribution in [0.4, 0.5) is 0 Å². The highest BCUT2D eigenvalue weighted by Gasteiger charge is 2.47. The summed E-state index contributed by atoms with van der Waals surface area (Å²) >= 11 is 3.48. The molecule has 3 fully saturated rings. The minimum Gasteiger partial charge on any atom is -0.493 e. The van der Waals surface area contributed by atoms with Crippen molar-refractivity contribution in [3.8, 4) is 11.5 Å². The Hall–Kier alpha value is -1.03. The highest BCUT2D eigenvalue weighted by atomic mass is 79.9. The average molecular weight is 353 g/mol. The number of ether oxygens (including phenoxy) is 2. The van der Waals surface area contributed by atoms with Gasteiger partial charge in [-0.2, -0.15) is 0 Å². The van der Waals surface area contributed by atoms with Gasteiger partial charge in [0.25, 0.3) is 0 Å². The fourth-order valence-electron chi connectivity index (χ4n) is 3.70. The van der Waals surface area contributed by atoms with E-state index in [4.69, 9.17) is 9.47 Å². The van der Waals surface area contributed by atoms with Crippen LogP contribution in [0.5, 0.6) is 11.5 Å². The highest BCUT2D eigenvalue weighted by molar-refractivity contribution is 9.10. The molecule has 1 aromatic rings. The Bertz CT molecular complexity index is 546. The normalized spacial score (nSPS) is 27.5. The van der Waals surface area contributed by atoms with Crippen molar-refractivity contribution in [3.63, 3.8) is 0 Å². The molecule has 114 valence electrons. The Balaban J connectivity index is 1.85. The number of halogens is 1. The van der Waals surface area contributed by atoms with Crippen molar-refractivity contribution in [1.82, 2.24) is 0 Å². The molecule has 0 saturated heterocycles. The molecular weight excluding hydrogens is 332 g/mol. The van der Waals surface area contributed by atoms with Crippen molar-refractivity contribution in [3.05, 3.63) is 22.2 Å². The summed E-state index contributed by atoms with van der Waals surface area (Å²) in [6.45, 7) is 1.99. The van der Waals surface area contributed by atoms with E-state index in [1.165, 1.54) is 19.3 Å². The molecule has 0 unspecified atom stereocenters. The molecule has 4 heteroatoms. The first-order chi connectivity index (χ1) is 10.0. The maximum absolute atomic E-state index is 12.8. The summed E-state index contributed by atoms with van der Waals surface area (Å²) in [6.07, 6.45) is 6.43. The van der Waals surface area contributed by atoms with Gasteiger partial charge in [-0.1, -0.05) is 0 Å². The van der Waals surface area contributed by atoms with Crippen LogP contribution >= 0.6 is 15.9 Å². The molecule has 0 radical (unpaired) electrons. The van der Waals surface area contributed by atoms with Crippen molar-refractivity contribution in [2.24, 2.45) is 11.3 Å². The third-order valence-corrected chi connectivity index (χ3v) is 5.68. The van der Waals surface area contributed by atoms with E-state index in [1.54, 1.807) is 7.11 Å². The van der Waals surface area contributed by atoms with Gasteiger partial charge in [-0.3, -0.25) is 4.79 Å². The zero-order chi connectivity index (χ0) is 15.0. The van der Waals surface area contributed by atoms with Gasteiger partial charge in [0.2, 0.25) is 0 Å². The Morgan fingerprint density at radius 2 is 1.86 bits per heavy atom. The highest BCUT2D eigenvalue weighted by Crippen LogP contribution is 2.51. The Morgan fingerprint density at radius 1 is 1.24 bits per heavy atom. The number of rotatable bonds is 3. The number of methoxy groups -OCH3 is 1. The lowest BCUT2D eigenvalue weighted by Gasteiger charge is -2.44. The zero-order valence-electron chi connectivity index (χ0n) is 12.6. The molecule has 3 nitrogen and oxygen atoms in total. The van der Waals surface area contributed by atoms with Crippen molar-refractivity contribution in [1.29, 1.82) is 0 Å². The first-order valence-corrected chi connectivity index (χ1v) is 8.40. The fourth-order valence-corrected chi connectivity index (χ4v) is 4.34. The minimum absolute atomic E-state index is 0.0801. The van der Waals surface area contributed by atoms with Crippen LogP contribution in [0.25, 0.3) is 0 Å². The number of hydrogen-bond donors (Lipinski definition) is 0. The van der Waals surface area contributed by atoms with E-state index in [1.807, 2.05) is 19.1 Å². The molecule has 0 heterocycles. The van der Waals surface area contributed by atoms with E-state index in [0.717, 1.165) is 35.2 Å². The molecule has 0 spiro atoms. The molecule has 0 amide bonds. The van der Waals surface area contributed by atoms with Crippen molar-refractivity contribution in [2.45, 2.75) is 45.4 Å². The number of aryl methyl sites for hydroxylation is 1. The maximum atomic E-state index is 12.8. The summed E-state index contributed by atoms with van der Waals surface area (Å²) in [6, 6.07) is 3.84. The smallest absolute Gasteiger partial charge is 0.317 e. The van der Waals surface area contributed by atoms with Gasteiger partial charge in [0.05, 0.1) is 17.0 Å². The van der Waals surface area contributed by atoms with Crippen molar-refractivity contribution >= 4 is 21.9 Å². The minimum atomic E-state index is -0.260. The van der Waals surface area contributed by atoms with Crippen LogP contribution in [0, 0.1) is 18.3 Å². The van der Waals surface area contributed by atoms with Crippen LogP contribution < -0.4 is 9.47 Å². The van der Waals surface area contributed by atoms with Crippen molar-refractivity contribution < 1.29 is 14.3 Å². The molecule has 4 rings (SSSR count). The summed E-state index contributed by atoms with van der Waals surface area (Å²) in [5.74, 6) is 1.87. The molecule has 0 atom stereocenters. The quantitative estimate of drug-likeness (QED) is 0.587. The lowest BCUT2D eigenvalue weighted by Crippen LogP contribution is -2.42. The second-order valence-corrected chi connectivity index (χ2v) is 7.28. The van der Waals surface area contributed by atoms with E-state index < -0.39 is 0 Å². The van der Waals surface area contributed by atoms with Gasteiger partial charge < -0.3 is 9.47 Å². The average Bonchev–Trinajstić information content (AvgIpc) is 2.51. The number of carbonyl (C=O) groups is 1. The molecule has 0 aromatic heterocycles. The summed E-state index contributed by atoms with van der Waals surface area (Å²) in [5.41, 5.74) is 0.805. The topological polar surface area (TPSA) is 35.5 Å². The summed E-state index contributed by atoms with van der Waals surface area (Å²) in [5, 5.41) is 0. The van der Waals surface area contributed by atoms with E-state index >= 15 is 0 Å². The first kappa shape index (κ1) is 14.9. The van der Waals surface area contributed by atoms with E-state index in [9.17, 15) is 4.79 Å². The molecule has 3 aliphatic carbocycles. The predicted molar refractivity (Wildman–Crippen MR) is 84.7 cm³/mol. The molecule has 0 N–H and O–H groups in total. The molecular formula is C17H21BrO3. The number of carbonyl (C=O) groups excluding carboxylic acids is 1. The largest absolute Gasteiger partial charge is 0.493 e. The zero-order valence-corrected chi connectivity index (χ0v) is 14.2. The second-order valence-electron chi connectivity index (χ2n) is 6.43. The lowest BCUT2D eigenvalue weighted by atomic mass is 9.61. The number of fused-ring (bicyclic) bond motifs is 3. The Kier molecular flexibility index (Phi) is 4.00. The first-order valence-electron chi connectivity index (χ1n) is 7.60. The standard InChI is InChI=1S/C17H21BrO3/c1-11-9-13(18)15(14(10-11)20-2)21-16(19)17-6-3-12(4-7-17)5-8-17/h9-10,12H,3-8H2,1-2H3. The van der Waals surface area contributed by atoms with Crippen LogP contribution in [0.3, 0.4) is 0 Å². The molecule has 3 aliphatic rings. The maximum Gasteiger partial charge on any atom is 0.317 e. The Morgan fingerprint density at radius 3 is 2.43 bits per heavy atom. The van der Waals surface area contributed by atoms with Gasteiger partial charge in [0.15, 0.2) is 11.5 Å². The third kappa shape index (κ3) is 2.70. The number of esters is 1. The summed E-state index contributed by atoms with van der Waals surface area (Å²) in [7, 11) is 1.60. The van der Waals surface area contributed by atoms with Crippen LogP contribution in [0.1, 0.15) is 44.1 Å². The molecule has 2 bridgehead atoms. The molecule has 1 aromatic carbocycles. The summed E-state index contributed by atoms with van der Waals surface area (Å²) in [4.78, 5) is 12.8. The van der Waals surface area contributed by atoms with Crippen molar-refractivity contribution in [2.75, 3.05) is 7.11 Å². The van der Waals surface area contributed by atoms with Crippen LogP contribution in [0.15, 0.2) is 16.6 Å². The van der Waals surface area contributed by atoms with E-state index in [2.05, 4.69) is 15.9 Å². The monoisotopic (exact) mass is 352 g/mol. The predicted octanol–water partition coefficient (Wildman–Crippen LogP) is 4.64. The van der Waals surface area contributed by atoms with Gasteiger partial charge in [-0.05, 0) is 85.0 Å². The van der Waals surface area contributed by atoms with Gasteiger partial charge in [-0.15, -0.1) is 0 Å². The van der Waals surface area contributed by atoms with Gasteiger partial charge in [0.1, 0.15) is 0 Å². The lowest BCUT2D eigenvalue weighted by molar-refractivity contribution is -0.152. The molecule has 0 aliphatic heterocycles. The van der Waals surface area contributed by atoms with Gasteiger partial charge in [-0.25, -0.2) is 0 Å². The second kappa shape index (κ2) is 5.64. The van der Waals surface area contributed by atoms with E-state index in [0.29, 0.717) is 11.5 Å². The number of benzene rings is 1. The van der Waals surface area contributed by atoms with Crippen LogP contribution in [-0.2, 0) is 4.79 Å². The van der Waals surface area contributed by atoms with Crippen LogP contribution in [-0.4, -0.2) is 13.1 Å². The van der Waals surface area contributed by atoms with Gasteiger partial charge in [0, 0.05) is 0 Å². The fraction of sp³-hybridized carbons (Fsp3) is 0.588. The third-order valence-electron chi connectivity index (χ3n) is 5.09. The van der Waals surface area contributed by atoms with Gasteiger partial charge >= 0.3 is 5.97 Å². The number of hydrogen-bond acceptors (Lipinski definition) is 3. The van der Waals surface area contributed by atoms with E-state index in [-0.39, 0.29) is 11.4 Å². The molecule has 3 saturated carbocycles. The molecule has 21 heavy (non-hydrogen) atoms. The SMILES string of the molecule is COc1cc(C)cc(Br)c1OC(=O)C12CCC(CC1)CC2.